The Bertz CT molecular complexity index is 2480. The van der Waals surface area contributed by atoms with Gasteiger partial charge in [-0.2, -0.15) is 0 Å². The number of nitrogens with zero attached hydrogens (tertiary/aromatic N) is 3. The van der Waals surface area contributed by atoms with Gasteiger partial charge in [0.25, 0.3) is 0 Å². The quantitative estimate of drug-likeness (QED) is 0.0479. The van der Waals surface area contributed by atoms with Crippen LogP contribution in [0, 0.1) is 98.6 Å². The average molecular weight is 1030 g/mol. The summed E-state index contributed by atoms with van der Waals surface area (Å²) in [7, 11) is 3.68. The molecule has 22 atom stereocenters. The van der Waals surface area contributed by atoms with Crippen LogP contribution < -0.4 is 11.1 Å². The van der Waals surface area contributed by atoms with E-state index in [2.05, 4.69) is 41.8 Å². The Morgan fingerprint density at radius 3 is 2.57 bits per heavy atom. The summed E-state index contributed by atoms with van der Waals surface area (Å²) < 4.78 is 2.32. The van der Waals surface area contributed by atoms with Gasteiger partial charge in [-0.05, 0) is 184 Å². The molecule has 11 aliphatic carbocycles. The third-order valence-corrected chi connectivity index (χ3v) is 26.4. The molecule has 6 bridgehead atoms. The largest absolute Gasteiger partial charge is 0.396 e. The Morgan fingerprint density at radius 1 is 0.972 bits per heavy atom. The molecule has 1 spiro atoms. The number of aliphatic hydroxyl groups excluding tert-OH is 5. The van der Waals surface area contributed by atoms with Gasteiger partial charge in [-0.1, -0.05) is 71.1 Å². The van der Waals surface area contributed by atoms with Crippen molar-refractivity contribution in [1.82, 2.24) is 14.9 Å². The molecule has 14 heteroatoms. The van der Waals surface area contributed by atoms with Gasteiger partial charge >= 0.3 is 0 Å². The Balaban J connectivity index is 1.05. The fourth-order valence-electron chi connectivity index (χ4n) is 21.9. The molecule has 0 radical (unpaired) electrons. The minimum Gasteiger partial charge on any atom is -0.396 e. The number of hydrogen-bond acceptors (Lipinski definition) is 11. The van der Waals surface area contributed by atoms with Gasteiger partial charge in [-0.25, -0.2) is 4.98 Å². The van der Waals surface area contributed by atoms with Crippen molar-refractivity contribution < 1.29 is 35.4 Å². The number of imidazole rings is 1. The number of carbonyl (C=O) groups is 1. The van der Waals surface area contributed by atoms with Crippen LogP contribution in [0.5, 0.6) is 0 Å². The number of nitrogens with one attached hydrogen (secondary N) is 1. The van der Waals surface area contributed by atoms with Crippen molar-refractivity contribution in [3.8, 4) is 0 Å². The lowest BCUT2D eigenvalue weighted by Gasteiger charge is -2.66. The molecule has 72 heavy (non-hydrogen) atoms. The second-order valence-electron chi connectivity index (χ2n) is 27.1. The molecule has 1 aromatic rings. The Kier molecular flexibility index (Phi) is 12.0. The number of guanidine groups is 1. The zero-order valence-corrected chi connectivity index (χ0v) is 44.8. The minimum atomic E-state index is -1.61. The van der Waals surface area contributed by atoms with E-state index in [1.165, 1.54) is 38.5 Å². The lowest BCUT2D eigenvalue weighted by Crippen LogP contribution is -2.70. The van der Waals surface area contributed by atoms with Crippen LogP contribution in [-0.4, -0.2) is 107 Å². The number of aliphatic imine (C=N–C) groups is 1. The van der Waals surface area contributed by atoms with Crippen LogP contribution >= 0.6 is 21.6 Å². The van der Waals surface area contributed by atoms with Crippen LogP contribution in [0.25, 0.3) is 0 Å². The van der Waals surface area contributed by atoms with Gasteiger partial charge in [0.05, 0.1) is 36.8 Å². The maximum Gasteiger partial charge on any atom is 0.190 e. The summed E-state index contributed by atoms with van der Waals surface area (Å²) in [6.45, 7) is 8.69. The molecular weight excluding hydrogens is 943 g/mol. The van der Waals surface area contributed by atoms with Gasteiger partial charge in [-0.3, -0.25) is 9.79 Å². The van der Waals surface area contributed by atoms with E-state index in [4.69, 9.17) is 10.7 Å². The minimum absolute atomic E-state index is 0.109. The van der Waals surface area contributed by atoms with Gasteiger partial charge in [0.1, 0.15) is 6.23 Å². The van der Waals surface area contributed by atoms with Crippen molar-refractivity contribution in [2.24, 2.45) is 109 Å². The second-order valence-corrected chi connectivity index (χ2v) is 29.6. The topological polar surface area (TPSA) is 207 Å². The summed E-state index contributed by atoms with van der Waals surface area (Å²) in [6, 6.07) is 0.149. The molecule has 0 amide bonds. The van der Waals surface area contributed by atoms with Crippen LogP contribution in [-0.2, 0) is 4.79 Å². The summed E-state index contributed by atoms with van der Waals surface area (Å²) in [6.07, 6.45) is 20.0. The lowest BCUT2D eigenvalue weighted by atomic mass is 9.39. The molecule has 8 saturated carbocycles. The van der Waals surface area contributed by atoms with Gasteiger partial charge in [0.2, 0.25) is 0 Å². The Morgan fingerprint density at radius 2 is 1.79 bits per heavy atom. The molecule has 12 nitrogen and oxygen atoms in total. The highest BCUT2D eigenvalue weighted by atomic mass is 33.1. The molecule has 394 valence electrons. The fraction of sp³-hybridized carbons (Fsp3) is 0.810. The highest BCUT2D eigenvalue weighted by molar-refractivity contribution is 8.76. The molecule has 9 N–H and O–H groups in total. The molecular formula is C58H83N5O7S2. The number of aliphatic hydroxyl groups is 6. The SMILES string of the molecule is C[C@H](O)NC(N)=NC[C@H]1[C@H]2C(=CC(=O)[C@@H]3C[C@@H](O)[C@@H](O)C[C@]23C)[C@]2(O)[C@H]3CSSC[C@H](n4ccnc4)CC(C)(C)C4=C5C[C@H]6CC[C@H]7CCC[C@@]7(C6)[C@H]5C5=C6[C@H]4[C@@H](O)[C@H]4[C@H](CC[C@H]1[C@]2(CO)[C@@H]4C3)[C@@H]6CCC5. The van der Waals surface area contributed by atoms with E-state index in [-0.39, 0.29) is 90.6 Å². The van der Waals surface area contributed by atoms with E-state index in [0.717, 1.165) is 56.6 Å². The number of hydrogen-bond donors (Lipinski definition) is 8. The van der Waals surface area contributed by atoms with Crippen molar-refractivity contribution in [3.63, 3.8) is 0 Å². The van der Waals surface area contributed by atoms with Gasteiger partial charge in [0.15, 0.2) is 11.7 Å². The zero-order valence-electron chi connectivity index (χ0n) is 43.2. The van der Waals surface area contributed by atoms with Gasteiger partial charge < -0.3 is 46.3 Å². The Labute approximate surface area is 434 Å². The zero-order chi connectivity index (χ0) is 50.0. The summed E-state index contributed by atoms with van der Waals surface area (Å²) in [5, 5.41) is 78.1. The molecule has 1 aromatic heterocycles. The van der Waals surface area contributed by atoms with Crippen LogP contribution in [0.2, 0.25) is 0 Å². The van der Waals surface area contributed by atoms with Crippen molar-refractivity contribution in [1.29, 1.82) is 0 Å². The average Bonchev–Trinajstić information content (AvgIpc) is 4.05. The van der Waals surface area contributed by atoms with Crippen molar-refractivity contribution in [2.75, 3.05) is 24.7 Å². The Hall–Kier alpha value is -2.17. The fourth-order valence-corrected chi connectivity index (χ4v) is 24.7. The smallest absolute Gasteiger partial charge is 0.190 e. The monoisotopic (exact) mass is 1030 g/mol. The molecule has 12 aliphatic rings. The van der Waals surface area contributed by atoms with E-state index in [1.807, 2.05) is 23.3 Å². The number of aromatic nitrogens is 2. The van der Waals surface area contributed by atoms with Crippen LogP contribution in [0.3, 0.4) is 0 Å². The summed E-state index contributed by atoms with van der Waals surface area (Å²) >= 11 is 0. The summed E-state index contributed by atoms with van der Waals surface area (Å²) in [5.41, 5.74) is 10.3. The lowest BCUT2D eigenvalue weighted by molar-refractivity contribution is -0.209. The first-order valence-electron chi connectivity index (χ1n) is 28.5. The maximum absolute atomic E-state index is 14.9. The molecule has 0 unspecified atom stereocenters. The first kappa shape index (κ1) is 49.4. The molecule has 9 fully saturated rings. The normalized spacial score (nSPS) is 50.5. The third kappa shape index (κ3) is 6.69. The van der Waals surface area contributed by atoms with E-state index in [9.17, 15) is 35.4 Å². The van der Waals surface area contributed by atoms with Crippen LogP contribution in [0.1, 0.15) is 136 Å². The predicted octanol–water partition coefficient (Wildman–Crippen LogP) is 7.36. The van der Waals surface area contributed by atoms with E-state index >= 15 is 0 Å². The molecule has 1 aliphatic heterocycles. The van der Waals surface area contributed by atoms with Crippen molar-refractivity contribution in [3.05, 3.63) is 52.7 Å². The van der Waals surface area contributed by atoms with Crippen molar-refractivity contribution in [2.45, 2.75) is 167 Å². The molecule has 13 rings (SSSR count). The summed E-state index contributed by atoms with van der Waals surface area (Å²) in [4.78, 5) is 24.5. The molecule has 0 aromatic carbocycles. The first-order chi connectivity index (χ1) is 34.5. The highest BCUT2D eigenvalue weighted by Crippen LogP contribution is 2.78. The van der Waals surface area contributed by atoms with Crippen molar-refractivity contribution >= 4 is 33.3 Å². The van der Waals surface area contributed by atoms with E-state index in [0.29, 0.717) is 40.9 Å². The van der Waals surface area contributed by atoms with Gasteiger partial charge in [0, 0.05) is 65.6 Å². The first-order valence-corrected chi connectivity index (χ1v) is 31.0. The van der Waals surface area contributed by atoms with Crippen LogP contribution in [0.15, 0.2) is 57.7 Å². The standard InChI is InChI=1S/C58H83N5O7S2/c1-29(65)62-53(59)61-24-38-39-13-12-35-34-8-5-9-36-46(34)48-51(37-17-30-10-11-31-7-6-14-56(31,21-30)49(36)37)54(2,3)22-33(63-16-15-60-28-63)26-72-71-25-32-18-41(47(35)52(48)69)57(39,27-64)58(32,70)42-20-43(66)40-19-44(67)45(68)23-55(40,4)50(38)42/h15-16,20,28-35,38-41,44-45,47-50,52,64-65,67-70H,5-14,17-19,21-27H2,1-4H3,(H3,59,61,62)/t29-,30+,31+,32+,33+,34-,35+,38+,39+,40-,41+,44+,45-,47-,48+,49-,50-,52-,55-,56-,57+,58+/m0/s1. The molecule has 1 saturated heterocycles. The van der Waals surface area contributed by atoms with Gasteiger partial charge in [-0.15, -0.1) is 0 Å². The third-order valence-electron chi connectivity index (χ3n) is 23.9. The predicted molar refractivity (Wildman–Crippen MR) is 281 cm³/mol. The van der Waals surface area contributed by atoms with E-state index < -0.39 is 52.8 Å². The number of rotatable bonds is 5. The summed E-state index contributed by atoms with van der Waals surface area (Å²) in [5.74, 6) is 1.32. The number of fused-ring (bicyclic) bond motifs is 10. The van der Waals surface area contributed by atoms with Crippen LogP contribution in [0.4, 0.5) is 0 Å². The number of ketones is 1. The number of carbonyl (C=O) groups excluding carboxylic acids is 1. The highest BCUT2D eigenvalue weighted by Gasteiger charge is 2.79. The molecule has 2 heterocycles. The maximum atomic E-state index is 14.9. The van der Waals surface area contributed by atoms with E-state index in [1.54, 1.807) is 46.1 Å². The number of allylic oxidation sites excluding steroid dienone is 3. The number of nitrogens with two attached hydrogens (primary N) is 1. The second kappa shape index (κ2) is 17.4.